The second-order valence-corrected chi connectivity index (χ2v) is 15.4. The van der Waals surface area contributed by atoms with Gasteiger partial charge in [0.1, 0.15) is 36.2 Å². The molecule has 2 aromatic heterocycles. The Morgan fingerprint density at radius 3 is 2.40 bits per heavy atom. The van der Waals surface area contributed by atoms with Gasteiger partial charge in [-0.2, -0.15) is 5.10 Å². The number of rotatable bonds is 9. The maximum Gasteiger partial charge on any atom is 0.255 e. The summed E-state index contributed by atoms with van der Waals surface area (Å²) in [5, 5.41) is 15.9. The van der Waals surface area contributed by atoms with Crippen LogP contribution in [0, 0.1) is 18.8 Å². The highest BCUT2D eigenvalue weighted by molar-refractivity contribution is 5.99. The van der Waals surface area contributed by atoms with Crippen molar-refractivity contribution in [2.24, 2.45) is 11.8 Å². The predicted octanol–water partition coefficient (Wildman–Crippen LogP) is 2.78. The summed E-state index contributed by atoms with van der Waals surface area (Å²) in [6.07, 6.45) is 5.73. The van der Waals surface area contributed by atoms with Crippen molar-refractivity contribution < 1.29 is 33.4 Å². The van der Waals surface area contributed by atoms with Crippen LogP contribution in [0.25, 0.3) is 5.65 Å². The molecule has 0 spiro atoms. The number of benzene rings is 2. The summed E-state index contributed by atoms with van der Waals surface area (Å²) < 4.78 is 13.0. The van der Waals surface area contributed by atoms with Gasteiger partial charge in [-0.3, -0.25) is 24.0 Å². The van der Waals surface area contributed by atoms with E-state index < -0.39 is 41.8 Å². The standard InChI is InChI=1S/C42H52N8O7/c1-25(2)18-31-24-57-33-14-10-29(11-15-33)20-36(47-39(52)34-21-43-37-16-17-44-50(37)27(34)4)41(54)48-35(19-28-8-12-32(56-5)13-9-28)40(53)45-26(3)42(55)49(22-30-6-7-30)23-38(51)46-31/h8-17,21,25-26,30-31,35-36H,6-7,18-20,22-24H2,1-5H3,(H,45,53)(H,46,51)(H,47,52)(H,48,54)/t26-,31+,35+,36+/m1/s1. The van der Waals surface area contributed by atoms with Gasteiger partial charge in [0.15, 0.2) is 5.65 Å². The van der Waals surface area contributed by atoms with Crippen LogP contribution in [0.2, 0.25) is 0 Å². The highest BCUT2D eigenvalue weighted by Gasteiger charge is 2.34. The quantitative estimate of drug-likeness (QED) is 0.186. The molecule has 2 bridgehead atoms. The first-order valence-corrected chi connectivity index (χ1v) is 19.5. The molecule has 15 nitrogen and oxygen atoms in total. The number of nitrogens with zero attached hydrogens (tertiary/aromatic N) is 4. The lowest BCUT2D eigenvalue weighted by Gasteiger charge is -2.29. The number of carbonyl (C=O) groups is 5. The molecule has 15 heteroatoms. The maximum absolute atomic E-state index is 14.4. The van der Waals surface area contributed by atoms with Gasteiger partial charge < -0.3 is 35.6 Å². The number of hydrogen-bond donors (Lipinski definition) is 4. The minimum absolute atomic E-state index is 0.0691. The lowest BCUT2D eigenvalue weighted by Crippen LogP contribution is -2.58. The van der Waals surface area contributed by atoms with Crippen molar-refractivity contribution >= 4 is 35.2 Å². The molecule has 0 unspecified atom stereocenters. The lowest BCUT2D eigenvalue weighted by molar-refractivity contribution is -0.140. The smallest absolute Gasteiger partial charge is 0.255 e. The molecule has 3 aliphatic rings. The van der Waals surface area contributed by atoms with Crippen LogP contribution in [-0.4, -0.2) is 100 Å². The summed E-state index contributed by atoms with van der Waals surface area (Å²) >= 11 is 0. The van der Waals surface area contributed by atoms with Crippen molar-refractivity contribution in [3.8, 4) is 11.5 Å². The summed E-state index contributed by atoms with van der Waals surface area (Å²) in [6, 6.07) is 12.4. The van der Waals surface area contributed by atoms with Gasteiger partial charge >= 0.3 is 0 Å². The Hall–Kier alpha value is -5.99. The summed E-state index contributed by atoms with van der Waals surface area (Å²) in [5.41, 5.74) is 2.77. The number of fused-ring (bicyclic) bond motifs is 18. The van der Waals surface area contributed by atoms with Gasteiger partial charge in [-0.05, 0) is 80.3 Å². The van der Waals surface area contributed by atoms with Crippen molar-refractivity contribution in [1.29, 1.82) is 0 Å². The molecular formula is C42H52N8O7. The molecule has 4 heterocycles. The van der Waals surface area contributed by atoms with Gasteiger partial charge in [-0.15, -0.1) is 0 Å². The Morgan fingerprint density at radius 1 is 0.982 bits per heavy atom. The Bertz CT molecular complexity index is 2060. The molecule has 4 atom stereocenters. The zero-order chi connectivity index (χ0) is 40.6. The van der Waals surface area contributed by atoms with E-state index in [-0.39, 0.29) is 55.3 Å². The van der Waals surface area contributed by atoms with E-state index in [0.29, 0.717) is 41.4 Å². The molecule has 302 valence electrons. The first kappa shape index (κ1) is 40.7. The molecule has 1 aliphatic carbocycles. The monoisotopic (exact) mass is 780 g/mol. The first-order valence-electron chi connectivity index (χ1n) is 19.5. The Balaban J connectivity index is 1.33. The minimum Gasteiger partial charge on any atom is -0.497 e. The second-order valence-electron chi connectivity index (χ2n) is 15.4. The molecule has 1 saturated carbocycles. The molecular weight excluding hydrogens is 729 g/mol. The van der Waals surface area contributed by atoms with Gasteiger partial charge in [-0.25, -0.2) is 9.50 Å². The predicted molar refractivity (Wildman–Crippen MR) is 212 cm³/mol. The van der Waals surface area contributed by atoms with Crippen LogP contribution >= 0.6 is 0 Å². The van der Waals surface area contributed by atoms with Crippen molar-refractivity contribution in [1.82, 2.24) is 40.8 Å². The fraction of sp³-hybridized carbons (Fsp3) is 0.452. The van der Waals surface area contributed by atoms with Crippen LogP contribution in [-0.2, 0) is 32.0 Å². The molecule has 2 aliphatic heterocycles. The molecule has 4 aromatic rings. The number of nitrogens with one attached hydrogen (secondary N) is 4. The Kier molecular flexibility index (Phi) is 13.1. The number of aromatic nitrogens is 3. The lowest BCUT2D eigenvalue weighted by atomic mass is 10.0. The van der Waals surface area contributed by atoms with Crippen molar-refractivity contribution in [2.75, 3.05) is 26.8 Å². The second kappa shape index (κ2) is 18.3. The van der Waals surface area contributed by atoms with Crippen molar-refractivity contribution in [3.05, 3.63) is 89.4 Å². The number of aryl methyl sites for hydroxylation is 1. The van der Waals surface area contributed by atoms with Gasteiger partial charge in [0.2, 0.25) is 23.6 Å². The SMILES string of the molecule is COc1ccc(C[C@@H]2NC(=O)[C@@H](NC(=O)c3cnc4ccnn4c3C)Cc3ccc(cc3)OC[C@H](CC(C)C)NC(=O)CN(CC3CC3)C(=O)[C@@H](C)NC2=O)cc1. The number of amides is 5. The van der Waals surface area contributed by atoms with Gasteiger partial charge in [0.25, 0.3) is 5.91 Å². The van der Waals surface area contributed by atoms with Crippen LogP contribution in [0.1, 0.15) is 67.2 Å². The summed E-state index contributed by atoms with van der Waals surface area (Å²) in [7, 11) is 1.55. The van der Waals surface area contributed by atoms with Crippen LogP contribution in [0.5, 0.6) is 11.5 Å². The van der Waals surface area contributed by atoms with E-state index in [2.05, 4.69) is 45.2 Å². The largest absolute Gasteiger partial charge is 0.497 e. The third kappa shape index (κ3) is 10.9. The normalized spacial score (nSPS) is 21.4. The van der Waals surface area contributed by atoms with Crippen LogP contribution in [0.4, 0.5) is 0 Å². The third-order valence-electron chi connectivity index (χ3n) is 10.2. The minimum atomic E-state index is -1.15. The molecule has 1 fully saturated rings. The first-order chi connectivity index (χ1) is 27.4. The summed E-state index contributed by atoms with van der Waals surface area (Å²) in [6.45, 7) is 7.86. The number of ether oxygens (including phenoxy) is 2. The van der Waals surface area contributed by atoms with E-state index in [1.54, 1.807) is 74.1 Å². The topological polar surface area (TPSA) is 185 Å². The highest BCUT2D eigenvalue weighted by atomic mass is 16.5. The average Bonchev–Trinajstić information content (AvgIpc) is 3.87. The molecule has 0 radical (unpaired) electrons. The molecule has 57 heavy (non-hydrogen) atoms. The van der Waals surface area contributed by atoms with E-state index in [1.165, 1.54) is 11.1 Å². The molecule has 2 aromatic carbocycles. The van der Waals surface area contributed by atoms with Crippen molar-refractivity contribution in [3.63, 3.8) is 0 Å². The fourth-order valence-electron chi connectivity index (χ4n) is 6.97. The van der Waals surface area contributed by atoms with E-state index >= 15 is 0 Å². The zero-order valence-electron chi connectivity index (χ0n) is 33.1. The van der Waals surface area contributed by atoms with E-state index in [4.69, 9.17) is 9.47 Å². The third-order valence-corrected chi connectivity index (χ3v) is 10.2. The van der Waals surface area contributed by atoms with E-state index in [1.807, 2.05) is 12.1 Å². The Morgan fingerprint density at radius 2 is 1.72 bits per heavy atom. The fourth-order valence-corrected chi connectivity index (χ4v) is 6.97. The van der Waals surface area contributed by atoms with Gasteiger partial charge in [0.05, 0.1) is 37.2 Å². The van der Waals surface area contributed by atoms with Gasteiger partial charge in [0, 0.05) is 31.6 Å². The molecule has 5 amide bonds. The average molecular weight is 781 g/mol. The van der Waals surface area contributed by atoms with Crippen LogP contribution in [0.3, 0.4) is 0 Å². The van der Waals surface area contributed by atoms with Gasteiger partial charge in [-0.1, -0.05) is 38.1 Å². The Labute approximate surface area is 332 Å². The summed E-state index contributed by atoms with van der Waals surface area (Å²) in [4.78, 5) is 75.6. The molecule has 7 rings (SSSR count). The number of methoxy groups -OCH3 is 1. The van der Waals surface area contributed by atoms with E-state index in [9.17, 15) is 24.0 Å². The number of hydrogen-bond acceptors (Lipinski definition) is 9. The molecule has 0 saturated heterocycles. The zero-order valence-corrected chi connectivity index (χ0v) is 33.1. The molecule has 4 N–H and O–H groups in total. The maximum atomic E-state index is 14.4. The van der Waals surface area contributed by atoms with Crippen molar-refractivity contribution in [2.45, 2.75) is 84.0 Å². The highest BCUT2D eigenvalue weighted by Crippen LogP contribution is 2.30. The summed E-state index contributed by atoms with van der Waals surface area (Å²) in [5.74, 6) is -0.751. The van der Waals surface area contributed by atoms with Crippen LogP contribution < -0.4 is 30.7 Å². The van der Waals surface area contributed by atoms with E-state index in [0.717, 1.165) is 18.4 Å². The number of carbonyl (C=O) groups excluding carboxylic acids is 5. The van der Waals surface area contributed by atoms with Crippen LogP contribution in [0.15, 0.2) is 67.0 Å².